The summed E-state index contributed by atoms with van der Waals surface area (Å²) < 4.78 is 135. The average molecular weight is 708 g/mol. The fourth-order valence-corrected chi connectivity index (χ4v) is 5.18. The fourth-order valence-electron chi connectivity index (χ4n) is 4.66. The molecule has 2 heterocycles. The van der Waals surface area contributed by atoms with Crippen LogP contribution in [0.1, 0.15) is 45.7 Å². The summed E-state index contributed by atoms with van der Waals surface area (Å²) in [5.74, 6) is -2.63. The van der Waals surface area contributed by atoms with Crippen molar-refractivity contribution in [1.29, 1.82) is 0 Å². The first-order valence-electron chi connectivity index (χ1n) is 13.1. The summed E-state index contributed by atoms with van der Waals surface area (Å²) in [5, 5.41) is 7.06. The third-order valence-electron chi connectivity index (χ3n) is 6.79. The second-order valence-electron chi connectivity index (χ2n) is 10.1. The molecule has 1 amide bonds. The van der Waals surface area contributed by atoms with E-state index < -0.39 is 86.4 Å². The number of hydrogen-bond acceptors (Lipinski definition) is 5. The van der Waals surface area contributed by atoms with Gasteiger partial charge in [-0.05, 0) is 48.4 Å². The van der Waals surface area contributed by atoms with Crippen LogP contribution in [0.5, 0.6) is 0 Å². The zero-order valence-electron chi connectivity index (χ0n) is 23.2. The number of alkyl halides is 10. The summed E-state index contributed by atoms with van der Waals surface area (Å²) in [7, 11) is 0. The number of aryl methyl sites for hydroxylation is 2. The molecular formula is C27H21Cl2F10N5O2. The number of anilines is 1. The number of amides is 1. The van der Waals surface area contributed by atoms with Crippen molar-refractivity contribution in [3.63, 3.8) is 0 Å². The Kier molecular flexibility index (Phi) is 10.2. The summed E-state index contributed by atoms with van der Waals surface area (Å²) in [6.45, 7) is -1.23. The normalized spacial score (nSPS) is 17.1. The van der Waals surface area contributed by atoms with Crippen molar-refractivity contribution >= 4 is 40.8 Å². The van der Waals surface area contributed by atoms with Crippen LogP contribution in [-0.2, 0) is 23.4 Å². The molecule has 0 spiro atoms. The number of aromatic nitrogens is 3. The van der Waals surface area contributed by atoms with E-state index in [-0.39, 0.29) is 32.4 Å². The molecule has 0 saturated carbocycles. The number of carbonyl (C=O) groups excluding carboxylic acids is 1. The third kappa shape index (κ3) is 7.85. The standard InChI is InChI=1S/C27H21Cl2F10N5O2/c1-13-6-14(19-10-25(46-42-19,27(37,38)39)15-7-16(28)9-17(29)8-15)2-3-18(13)23(45)43(11-20(30)31)24-40-22(4-5-26(34,35)36)44(41-24)12-21(32)33/h2-3,6-9,20-21H,4-5,10-12H2,1H3. The van der Waals surface area contributed by atoms with Crippen LogP contribution in [0.25, 0.3) is 0 Å². The number of benzene rings is 2. The van der Waals surface area contributed by atoms with Crippen LogP contribution in [-0.4, -0.2) is 58.1 Å². The summed E-state index contributed by atoms with van der Waals surface area (Å²) in [4.78, 5) is 22.4. The number of carbonyl (C=O) groups is 1. The second kappa shape index (κ2) is 13.3. The SMILES string of the molecule is Cc1cc(C2=NOC(c3cc(Cl)cc(Cl)c3)(C(F)(F)F)C2)ccc1C(=O)N(CC(F)F)c1nc(CCC(F)(F)F)n(CC(F)F)n1. The van der Waals surface area contributed by atoms with Gasteiger partial charge in [-0.1, -0.05) is 34.4 Å². The summed E-state index contributed by atoms with van der Waals surface area (Å²) >= 11 is 11.8. The fraction of sp³-hybridized carbons (Fsp3) is 0.407. The molecule has 0 fully saturated rings. The second-order valence-corrected chi connectivity index (χ2v) is 11.0. The number of rotatable bonds is 10. The van der Waals surface area contributed by atoms with E-state index in [0.717, 1.165) is 18.2 Å². The minimum Gasteiger partial charge on any atom is -0.374 e. The van der Waals surface area contributed by atoms with E-state index >= 15 is 0 Å². The third-order valence-corrected chi connectivity index (χ3v) is 7.23. The molecule has 250 valence electrons. The molecule has 2 aromatic carbocycles. The van der Waals surface area contributed by atoms with Crippen molar-refractivity contribution in [3.05, 3.63) is 74.5 Å². The maximum Gasteiger partial charge on any atom is 0.435 e. The first-order chi connectivity index (χ1) is 21.3. The van der Waals surface area contributed by atoms with Crippen molar-refractivity contribution in [2.75, 3.05) is 11.4 Å². The minimum absolute atomic E-state index is 0.0593. The summed E-state index contributed by atoms with van der Waals surface area (Å²) in [6.07, 6.45) is -19.2. The number of oxime groups is 1. The van der Waals surface area contributed by atoms with Crippen molar-refractivity contribution in [2.45, 2.75) is 63.5 Å². The van der Waals surface area contributed by atoms with Gasteiger partial charge in [0.2, 0.25) is 0 Å². The molecule has 0 bridgehead atoms. The van der Waals surface area contributed by atoms with Gasteiger partial charge in [0, 0.05) is 34.0 Å². The Hall–Kier alpha value is -3.60. The maximum atomic E-state index is 14.4. The van der Waals surface area contributed by atoms with Crippen LogP contribution < -0.4 is 4.90 Å². The Balaban J connectivity index is 1.65. The lowest BCUT2D eigenvalue weighted by molar-refractivity contribution is -0.275. The predicted octanol–water partition coefficient (Wildman–Crippen LogP) is 8.15. The molecule has 1 aliphatic heterocycles. The molecule has 1 unspecified atom stereocenters. The monoisotopic (exact) mass is 707 g/mol. The van der Waals surface area contributed by atoms with Crippen LogP contribution in [0, 0.1) is 6.92 Å². The van der Waals surface area contributed by atoms with E-state index in [2.05, 4.69) is 15.2 Å². The van der Waals surface area contributed by atoms with E-state index in [1.807, 2.05) is 0 Å². The van der Waals surface area contributed by atoms with Gasteiger partial charge in [-0.3, -0.25) is 9.69 Å². The van der Waals surface area contributed by atoms with Crippen LogP contribution in [0.4, 0.5) is 49.9 Å². The highest BCUT2D eigenvalue weighted by Gasteiger charge is 2.62. The summed E-state index contributed by atoms with van der Waals surface area (Å²) in [5.41, 5.74) is -3.71. The zero-order chi connectivity index (χ0) is 34.2. The van der Waals surface area contributed by atoms with E-state index in [1.54, 1.807) is 0 Å². The highest BCUT2D eigenvalue weighted by atomic mass is 35.5. The maximum absolute atomic E-state index is 14.4. The van der Waals surface area contributed by atoms with E-state index in [0.29, 0.717) is 9.58 Å². The molecular weight excluding hydrogens is 687 g/mol. The Morgan fingerprint density at radius 2 is 1.67 bits per heavy atom. The molecule has 7 nitrogen and oxygen atoms in total. The molecule has 46 heavy (non-hydrogen) atoms. The van der Waals surface area contributed by atoms with Crippen LogP contribution >= 0.6 is 23.2 Å². The van der Waals surface area contributed by atoms with E-state index in [1.165, 1.54) is 25.1 Å². The molecule has 0 saturated heterocycles. The molecule has 0 aliphatic carbocycles. The van der Waals surface area contributed by atoms with Crippen LogP contribution in [0.3, 0.4) is 0 Å². The molecule has 1 atom stereocenters. The molecule has 0 N–H and O–H groups in total. The molecule has 0 radical (unpaired) electrons. The quantitative estimate of drug-likeness (QED) is 0.200. The smallest absolute Gasteiger partial charge is 0.374 e. The van der Waals surface area contributed by atoms with Crippen LogP contribution in [0.2, 0.25) is 10.0 Å². The van der Waals surface area contributed by atoms with Gasteiger partial charge < -0.3 is 4.84 Å². The highest BCUT2D eigenvalue weighted by molar-refractivity contribution is 6.34. The number of hydrogen-bond donors (Lipinski definition) is 0. The van der Waals surface area contributed by atoms with Crippen molar-refractivity contribution in [3.8, 4) is 0 Å². The van der Waals surface area contributed by atoms with Crippen molar-refractivity contribution < 1.29 is 53.5 Å². The lowest BCUT2D eigenvalue weighted by atomic mass is 9.86. The van der Waals surface area contributed by atoms with Crippen molar-refractivity contribution in [1.82, 2.24) is 14.8 Å². The lowest BCUT2D eigenvalue weighted by Gasteiger charge is -2.29. The van der Waals surface area contributed by atoms with Gasteiger partial charge in [0.1, 0.15) is 12.4 Å². The lowest BCUT2D eigenvalue weighted by Crippen LogP contribution is -2.42. The van der Waals surface area contributed by atoms with Gasteiger partial charge in [-0.15, -0.1) is 5.10 Å². The highest BCUT2D eigenvalue weighted by Crippen LogP contribution is 2.49. The molecule has 4 rings (SSSR count). The minimum atomic E-state index is -4.99. The van der Waals surface area contributed by atoms with Gasteiger partial charge in [0.15, 0.2) is 0 Å². The largest absolute Gasteiger partial charge is 0.435 e. The van der Waals surface area contributed by atoms with E-state index in [4.69, 9.17) is 28.0 Å². The molecule has 1 aromatic heterocycles. The first kappa shape index (κ1) is 35.3. The molecule has 3 aromatic rings. The van der Waals surface area contributed by atoms with Crippen molar-refractivity contribution in [2.24, 2.45) is 5.16 Å². The topological polar surface area (TPSA) is 72.6 Å². The zero-order valence-corrected chi connectivity index (χ0v) is 24.8. The number of nitrogens with zero attached hydrogens (tertiary/aromatic N) is 5. The Bertz CT molecular complexity index is 1610. The average Bonchev–Trinajstić information content (AvgIpc) is 3.54. The van der Waals surface area contributed by atoms with Gasteiger partial charge in [0.05, 0.1) is 18.7 Å². The summed E-state index contributed by atoms with van der Waals surface area (Å²) in [6, 6.07) is 6.79. The van der Waals surface area contributed by atoms with E-state index in [9.17, 15) is 48.7 Å². The van der Waals surface area contributed by atoms with Gasteiger partial charge in [-0.25, -0.2) is 22.2 Å². The Morgan fingerprint density at radius 1 is 1.02 bits per heavy atom. The predicted molar refractivity (Wildman–Crippen MR) is 146 cm³/mol. The Labute approximate surface area is 263 Å². The number of halogens is 12. The molecule has 1 aliphatic rings. The van der Waals surface area contributed by atoms with Gasteiger partial charge in [-0.2, -0.15) is 31.3 Å². The molecule has 19 heteroatoms. The first-order valence-corrected chi connectivity index (χ1v) is 13.8. The van der Waals surface area contributed by atoms with Crippen LogP contribution in [0.15, 0.2) is 41.6 Å². The van der Waals surface area contributed by atoms with Gasteiger partial charge >= 0.3 is 12.4 Å². The van der Waals surface area contributed by atoms with Gasteiger partial charge in [0.25, 0.3) is 30.3 Å². The Morgan fingerprint density at radius 3 is 2.22 bits per heavy atom.